The van der Waals surface area contributed by atoms with Gasteiger partial charge in [-0.05, 0) is 74.6 Å². The number of benzene rings is 2. The molecule has 1 unspecified atom stereocenters. The van der Waals surface area contributed by atoms with Crippen LogP contribution in [-0.2, 0) is 35.2 Å². The molecule has 1 aliphatic rings. The Morgan fingerprint density at radius 1 is 0.837 bits per heavy atom. The number of carbonyl (C=O) groups excluding carboxylic acids is 3. The smallest absolute Gasteiger partial charge is 0.328 e. The second-order valence-corrected chi connectivity index (χ2v) is 11.7. The zero-order valence-corrected chi connectivity index (χ0v) is 25.9. The van der Waals surface area contributed by atoms with Crippen molar-refractivity contribution in [1.82, 2.24) is 10.8 Å². The third-order valence-electron chi connectivity index (χ3n) is 7.26. The van der Waals surface area contributed by atoms with Crippen LogP contribution in [0.5, 0.6) is 0 Å². The van der Waals surface area contributed by atoms with E-state index in [1.165, 1.54) is 0 Å². The lowest BCUT2D eigenvalue weighted by Gasteiger charge is -2.21. The molecule has 2 amide bonds. The summed E-state index contributed by atoms with van der Waals surface area (Å²) in [7, 11) is 0. The first-order chi connectivity index (χ1) is 20.8. The highest BCUT2D eigenvalue weighted by Gasteiger charge is 2.26. The molecule has 9 heteroatoms. The van der Waals surface area contributed by atoms with E-state index in [-0.39, 0.29) is 23.9 Å². The van der Waals surface area contributed by atoms with E-state index < -0.39 is 12.3 Å². The Hall–Kier alpha value is -3.27. The van der Waals surface area contributed by atoms with Crippen LogP contribution in [0.15, 0.2) is 54.6 Å². The number of hydrogen-bond donors (Lipinski definition) is 3. The number of esters is 1. The predicted molar refractivity (Wildman–Crippen MR) is 167 cm³/mol. The fourth-order valence-electron chi connectivity index (χ4n) is 4.86. The van der Waals surface area contributed by atoms with Crippen LogP contribution >= 0.6 is 0 Å². The van der Waals surface area contributed by atoms with Crippen molar-refractivity contribution in [2.24, 2.45) is 5.92 Å². The van der Waals surface area contributed by atoms with Gasteiger partial charge < -0.3 is 14.8 Å². The Balaban J connectivity index is 1.31. The molecule has 0 spiro atoms. The number of amides is 2. The van der Waals surface area contributed by atoms with E-state index in [9.17, 15) is 14.4 Å². The molecular formula is C34H49N3O6. The minimum Gasteiger partial charge on any atom is -0.461 e. The van der Waals surface area contributed by atoms with Gasteiger partial charge in [0.05, 0.1) is 6.61 Å². The Morgan fingerprint density at radius 2 is 1.49 bits per heavy atom. The minimum absolute atomic E-state index is 0.0130. The van der Waals surface area contributed by atoms with E-state index >= 15 is 0 Å². The summed E-state index contributed by atoms with van der Waals surface area (Å²) in [5.41, 5.74) is 5.04. The van der Waals surface area contributed by atoms with Gasteiger partial charge in [0.15, 0.2) is 6.29 Å². The highest BCUT2D eigenvalue weighted by Crippen LogP contribution is 2.24. The highest BCUT2D eigenvalue weighted by molar-refractivity contribution is 5.90. The molecule has 0 saturated heterocycles. The molecule has 43 heavy (non-hydrogen) atoms. The third kappa shape index (κ3) is 13.7. The zero-order chi connectivity index (χ0) is 30.9. The number of hydroxylamine groups is 1. The second kappa shape index (κ2) is 19.1. The molecule has 3 N–H and O–H groups in total. The van der Waals surface area contributed by atoms with Crippen LogP contribution < -0.4 is 16.1 Å². The first kappa shape index (κ1) is 34.2. The van der Waals surface area contributed by atoms with Crippen molar-refractivity contribution in [3.05, 3.63) is 65.7 Å². The van der Waals surface area contributed by atoms with E-state index in [0.717, 1.165) is 68.2 Å². The minimum atomic E-state index is -0.540. The molecule has 1 saturated carbocycles. The van der Waals surface area contributed by atoms with Crippen molar-refractivity contribution in [1.29, 1.82) is 0 Å². The molecule has 0 aliphatic heterocycles. The third-order valence-corrected chi connectivity index (χ3v) is 7.26. The molecule has 2 atom stereocenters. The van der Waals surface area contributed by atoms with Crippen LogP contribution in [0.2, 0.25) is 0 Å². The van der Waals surface area contributed by atoms with Crippen LogP contribution in [0.25, 0.3) is 0 Å². The number of rotatable bonds is 19. The van der Waals surface area contributed by atoms with Gasteiger partial charge in [0.25, 0.3) is 0 Å². The summed E-state index contributed by atoms with van der Waals surface area (Å²) in [5.74, 6) is -0.0463. The Bertz CT molecular complexity index is 1100. The monoisotopic (exact) mass is 595 g/mol. The standard InChI is InChI=1S/C34H49N3O6/c1-25(2)24-41-26(3)43-37-32(39)18-10-5-4-9-17-31(38)36-29-21-19-27(20-22-29)23-35-33(28-13-7-6-8-14-28)34(40)42-30-15-11-12-16-30/h6-8,13-14,19-22,25-26,30,33,35H,4-5,9-12,15-18,23-24H2,1-3H3,(H,36,38)(H,37,39)/t26-,33?/m1/s1. The quantitative estimate of drug-likeness (QED) is 0.0750. The van der Waals surface area contributed by atoms with Gasteiger partial charge >= 0.3 is 5.97 Å². The summed E-state index contributed by atoms with van der Waals surface area (Å²) >= 11 is 0. The molecule has 3 rings (SSSR count). The van der Waals surface area contributed by atoms with Crippen molar-refractivity contribution in [3.63, 3.8) is 0 Å². The lowest BCUT2D eigenvalue weighted by Crippen LogP contribution is -2.32. The van der Waals surface area contributed by atoms with Crippen molar-refractivity contribution in [2.75, 3.05) is 11.9 Å². The fourth-order valence-corrected chi connectivity index (χ4v) is 4.86. The molecule has 236 valence electrons. The lowest BCUT2D eigenvalue weighted by molar-refractivity contribution is -0.183. The van der Waals surface area contributed by atoms with Gasteiger partial charge in [-0.1, -0.05) is 69.2 Å². The van der Waals surface area contributed by atoms with Gasteiger partial charge in [-0.2, -0.15) is 0 Å². The molecule has 1 aliphatic carbocycles. The van der Waals surface area contributed by atoms with Gasteiger partial charge in [-0.3, -0.25) is 14.9 Å². The molecule has 0 aromatic heterocycles. The van der Waals surface area contributed by atoms with Crippen LogP contribution in [0, 0.1) is 5.92 Å². The fraction of sp³-hybridized carbons (Fsp3) is 0.559. The summed E-state index contributed by atoms with van der Waals surface area (Å²) in [6.07, 6.45) is 7.62. The van der Waals surface area contributed by atoms with E-state index in [1.807, 2.05) is 68.4 Å². The molecule has 1 fully saturated rings. The SMILES string of the molecule is CC(C)CO[C@@H](C)ONC(=O)CCCCCCC(=O)Nc1ccc(CNC(C(=O)OC2CCCC2)c2ccccc2)cc1. The normalized spacial score (nSPS) is 14.8. The lowest BCUT2D eigenvalue weighted by atomic mass is 10.1. The summed E-state index contributed by atoms with van der Waals surface area (Å²) in [6.45, 7) is 6.91. The number of ether oxygens (including phenoxy) is 2. The van der Waals surface area contributed by atoms with Gasteiger partial charge in [0.1, 0.15) is 12.1 Å². The number of hydrogen-bond acceptors (Lipinski definition) is 7. The van der Waals surface area contributed by atoms with E-state index in [4.69, 9.17) is 14.3 Å². The van der Waals surface area contributed by atoms with Crippen LogP contribution in [-0.4, -0.2) is 36.8 Å². The summed E-state index contributed by atoms with van der Waals surface area (Å²) in [5, 5.41) is 6.30. The first-order valence-corrected chi connectivity index (χ1v) is 15.7. The molecule has 2 aromatic carbocycles. The van der Waals surface area contributed by atoms with E-state index in [1.54, 1.807) is 6.92 Å². The Kier molecular flexibility index (Phi) is 15.2. The largest absolute Gasteiger partial charge is 0.461 e. The van der Waals surface area contributed by atoms with Gasteiger partial charge in [0, 0.05) is 25.1 Å². The maximum Gasteiger partial charge on any atom is 0.328 e. The van der Waals surface area contributed by atoms with Gasteiger partial charge in [-0.15, -0.1) is 0 Å². The average Bonchev–Trinajstić information content (AvgIpc) is 3.51. The second-order valence-electron chi connectivity index (χ2n) is 11.7. The molecule has 0 radical (unpaired) electrons. The first-order valence-electron chi connectivity index (χ1n) is 15.7. The molecule has 9 nitrogen and oxygen atoms in total. The number of nitrogens with one attached hydrogen (secondary N) is 3. The zero-order valence-electron chi connectivity index (χ0n) is 25.9. The van der Waals surface area contributed by atoms with Crippen LogP contribution in [0.3, 0.4) is 0 Å². The number of unbranched alkanes of at least 4 members (excludes halogenated alkanes) is 3. The van der Waals surface area contributed by atoms with Gasteiger partial charge in [0.2, 0.25) is 11.8 Å². The molecule has 2 aromatic rings. The summed E-state index contributed by atoms with van der Waals surface area (Å²) < 4.78 is 11.2. The van der Waals surface area contributed by atoms with Crippen LogP contribution in [0.1, 0.15) is 102 Å². The molecule has 0 bridgehead atoms. The van der Waals surface area contributed by atoms with Crippen molar-refractivity contribution in [3.8, 4) is 0 Å². The van der Waals surface area contributed by atoms with Crippen molar-refractivity contribution in [2.45, 2.75) is 110 Å². The van der Waals surface area contributed by atoms with E-state index in [0.29, 0.717) is 31.9 Å². The van der Waals surface area contributed by atoms with Crippen molar-refractivity contribution < 1.29 is 28.7 Å². The van der Waals surface area contributed by atoms with Crippen LogP contribution in [0.4, 0.5) is 5.69 Å². The highest BCUT2D eigenvalue weighted by atomic mass is 16.8. The molecular weight excluding hydrogens is 546 g/mol. The van der Waals surface area contributed by atoms with Crippen molar-refractivity contribution >= 4 is 23.5 Å². The summed E-state index contributed by atoms with van der Waals surface area (Å²) in [6, 6.07) is 16.7. The Labute approximate surface area is 256 Å². The van der Waals surface area contributed by atoms with Gasteiger partial charge in [-0.25, -0.2) is 15.1 Å². The topological polar surface area (TPSA) is 115 Å². The predicted octanol–water partition coefficient (Wildman–Crippen LogP) is 6.35. The molecule has 0 heterocycles. The maximum absolute atomic E-state index is 13.0. The average molecular weight is 596 g/mol. The Morgan fingerprint density at radius 3 is 2.14 bits per heavy atom. The van der Waals surface area contributed by atoms with E-state index in [2.05, 4.69) is 16.1 Å². The number of carbonyl (C=O) groups is 3. The summed E-state index contributed by atoms with van der Waals surface area (Å²) in [4.78, 5) is 42.5. The maximum atomic E-state index is 13.0. The number of anilines is 1.